The summed E-state index contributed by atoms with van der Waals surface area (Å²) < 4.78 is 38.1. The summed E-state index contributed by atoms with van der Waals surface area (Å²) in [5.74, 6) is -0.0522. The molecule has 3 rings (SSSR count). The van der Waals surface area contributed by atoms with Gasteiger partial charge in [0.25, 0.3) is 0 Å². The molecule has 2 aromatic carbocycles. The van der Waals surface area contributed by atoms with Crippen LogP contribution in [0.1, 0.15) is 18.1 Å². The maximum absolute atomic E-state index is 12.7. The number of benzene rings is 2. The zero-order chi connectivity index (χ0) is 16.6. The van der Waals surface area contributed by atoms with Gasteiger partial charge >= 0.3 is 6.18 Å². The highest BCUT2D eigenvalue weighted by molar-refractivity contribution is 5.82. The van der Waals surface area contributed by atoms with Crippen LogP contribution < -0.4 is 4.90 Å². The van der Waals surface area contributed by atoms with Gasteiger partial charge in [-0.2, -0.15) is 13.2 Å². The Morgan fingerprint density at radius 2 is 1.74 bits per heavy atom. The smallest absolute Gasteiger partial charge is 0.341 e. The third-order valence-electron chi connectivity index (χ3n) is 4.23. The van der Waals surface area contributed by atoms with Crippen molar-refractivity contribution < 1.29 is 18.0 Å². The number of fused-ring (bicyclic) bond motifs is 1. The molecule has 0 aliphatic carbocycles. The van der Waals surface area contributed by atoms with Gasteiger partial charge < -0.3 is 4.90 Å². The highest BCUT2D eigenvalue weighted by Gasteiger charge is 2.31. The lowest BCUT2D eigenvalue weighted by Crippen LogP contribution is -2.35. The van der Waals surface area contributed by atoms with E-state index in [-0.39, 0.29) is 11.7 Å². The largest absolute Gasteiger partial charge is 0.416 e. The minimum atomic E-state index is -4.35. The first-order valence-electron chi connectivity index (χ1n) is 7.39. The topological polar surface area (TPSA) is 20.3 Å². The number of ketones is 1. The molecule has 0 saturated carbocycles. The molecule has 0 fully saturated rings. The van der Waals surface area contributed by atoms with Crippen LogP contribution in [0.3, 0.4) is 0 Å². The molecular weight excluding hydrogens is 303 g/mol. The monoisotopic (exact) mass is 319 g/mol. The Morgan fingerprint density at radius 1 is 1.09 bits per heavy atom. The average Bonchev–Trinajstić information content (AvgIpc) is 2.53. The molecule has 23 heavy (non-hydrogen) atoms. The number of anilines is 2. The van der Waals surface area contributed by atoms with E-state index < -0.39 is 11.7 Å². The van der Waals surface area contributed by atoms with Gasteiger partial charge in [-0.15, -0.1) is 0 Å². The van der Waals surface area contributed by atoms with Crippen LogP contribution in [0, 0.1) is 5.92 Å². The fraction of sp³-hybridized carbons (Fsp3) is 0.278. The number of rotatable bonds is 2. The van der Waals surface area contributed by atoms with Crippen molar-refractivity contribution in [3.8, 4) is 0 Å². The number of hydrogen-bond donors (Lipinski definition) is 0. The van der Waals surface area contributed by atoms with Gasteiger partial charge in [-0.25, -0.2) is 0 Å². The minimum absolute atomic E-state index is 0.0939. The normalized spacial score (nSPS) is 17.7. The van der Waals surface area contributed by atoms with Crippen LogP contribution in [-0.2, 0) is 17.4 Å². The second-order valence-corrected chi connectivity index (χ2v) is 5.80. The lowest BCUT2D eigenvalue weighted by atomic mass is 9.89. The van der Waals surface area contributed by atoms with Crippen LogP contribution in [0.5, 0.6) is 0 Å². The maximum Gasteiger partial charge on any atom is 0.416 e. The number of para-hydroxylation sites is 1. The predicted molar refractivity (Wildman–Crippen MR) is 82.8 cm³/mol. The Bertz CT molecular complexity index is 722. The van der Waals surface area contributed by atoms with E-state index >= 15 is 0 Å². The van der Waals surface area contributed by atoms with E-state index in [1.807, 2.05) is 29.2 Å². The van der Waals surface area contributed by atoms with Crippen molar-refractivity contribution in [2.24, 2.45) is 5.92 Å². The minimum Gasteiger partial charge on any atom is -0.341 e. The molecule has 120 valence electrons. The second kappa shape index (κ2) is 5.72. The summed E-state index contributed by atoms with van der Waals surface area (Å²) in [6, 6.07) is 12.8. The number of halogens is 3. The first-order chi connectivity index (χ1) is 10.9. The van der Waals surface area contributed by atoms with Crippen molar-refractivity contribution >= 4 is 17.2 Å². The molecule has 5 heteroatoms. The van der Waals surface area contributed by atoms with Crippen molar-refractivity contribution in [2.45, 2.75) is 19.5 Å². The third kappa shape index (κ3) is 3.09. The second-order valence-electron chi connectivity index (χ2n) is 5.80. The summed E-state index contributed by atoms with van der Waals surface area (Å²) in [7, 11) is 0. The average molecular weight is 319 g/mol. The molecule has 0 bridgehead atoms. The molecule has 0 N–H and O–H groups in total. The van der Waals surface area contributed by atoms with E-state index in [2.05, 4.69) is 0 Å². The van der Waals surface area contributed by atoms with E-state index in [4.69, 9.17) is 0 Å². The number of carbonyl (C=O) groups is 1. The fourth-order valence-corrected chi connectivity index (χ4v) is 2.94. The lowest BCUT2D eigenvalue weighted by Gasteiger charge is -2.35. The molecule has 0 spiro atoms. The molecule has 0 radical (unpaired) electrons. The first-order valence-corrected chi connectivity index (χ1v) is 7.39. The number of hydrogen-bond acceptors (Lipinski definition) is 2. The molecule has 1 atom stereocenters. The molecule has 1 unspecified atom stereocenters. The third-order valence-corrected chi connectivity index (χ3v) is 4.23. The SMILES string of the molecule is CC(=O)C1Cc2ccccc2N(c2ccc(C(F)(F)F)cc2)C1. The molecule has 0 saturated heterocycles. The van der Waals surface area contributed by atoms with Gasteiger partial charge in [0, 0.05) is 23.8 Å². The Morgan fingerprint density at radius 3 is 2.35 bits per heavy atom. The number of alkyl halides is 3. The molecule has 1 aliphatic heterocycles. The van der Waals surface area contributed by atoms with Gasteiger partial charge in [0.2, 0.25) is 0 Å². The summed E-state index contributed by atoms with van der Waals surface area (Å²) in [4.78, 5) is 13.7. The Balaban J connectivity index is 1.99. The fourth-order valence-electron chi connectivity index (χ4n) is 2.94. The van der Waals surface area contributed by atoms with Crippen LogP contribution in [0.4, 0.5) is 24.5 Å². The van der Waals surface area contributed by atoms with Gasteiger partial charge in [-0.3, -0.25) is 4.79 Å². The molecule has 1 heterocycles. The zero-order valence-electron chi connectivity index (χ0n) is 12.6. The summed E-state index contributed by atoms with van der Waals surface area (Å²) in [5, 5.41) is 0. The molecular formula is C18H16F3NO. The van der Waals surface area contributed by atoms with Gasteiger partial charge in [-0.1, -0.05) is 18.2 Å². The van der Waals surface area contributed by atoms with Gasteiger partial charge in [-0.05, 0) is 49.2 Å². The van der Waals surface area contributed by atoms with E-state index in [0.29, 0.717) is 18.7 Å². The van der Waals surface area contributed by atoms with Gasteiger partial charge in [0.1, 0.15) is 5.78 Å². The maximum atomic E-state index is 12.7. The zero-order valence-corrected chi connectivity index (χ0v) is 12.6. The molecule has 0 aromatic heterocycles. The van der Waals surface area contributed by atoms with Crippen LogP contribution in [0.25, 0.3) is 0 Å². The van der Waals surface area contributed by atoms with Crippen LogP contribution in [0.2, 0.25) is 0 Å². The van der Waals surface area contributed by atoms with Crippen molar-refractivity contribution in [1.82, 2.24) is 0 Å². The van der Waals surface area contributed by atoms with Gasteiger partial charge in [0.05, 0.1) is 5.56 Å². The summed E-state index contributed by atoms with van der Waals surface area (Å²) >= 11 is 0. The van der Waals surface area contributed by atoms with E-state index in [1.54, 1.807) is 6.92 Å². The van der Waals surface area contributed by atoms with Crippen molar-refractivity contribution in [3.05, 3.63) is 59.7 Å². The predicted octanol–water partition coefficient (Wildman–Crippen LogP) is 4.60. The van der Waals surface area contributed by atoms with Crippen LogP contribution in [-0.4, -0.2) is 12.3 Å². The van der Waals surface area contributed by atoms with E-state index in [1.165, 1.54) is 12.1 Å². The quantitative estimate of drug-likeness (QED) is 0.806. The first kappa shape index (κ1) is 15.6. The van der Waals surface area contributed by atoms with Crippen LogP contribution in [0.15, 0.2) is 48.5 Å². The molecule has 2 nitrogen and oxygen atoms in total. The Kier molecular flexibility index (Phi) is 3.88. The van der Waals surface area contributed by atoms with Crippen molar-refractivity contribution in [3.63, 3.8) is 0 Å². The molecule has 2 aromatic rings. The Labute approximate surface area is 132 Å². The summed E-state index contributed by atoms with van der Waals surface area (Å²) in [6.45, 7) is 2.04. The number of Topliss-reactive ketones (excluding diaryl/α,β-unsaturated/α-hetero) is 1. The standard InChI is InChI=1S/C18H16F3NO/c1-12(23)14-10-13-4-2-3-5-17(13)22(11-14)16-8-6-15(7-9-16)18(19,20)21/h2-9,14H,10-11H2,1H3. The molecule has 1 aliphatic rings. The summed E-state index contributed by atoms with van der Waals surface area (Å²) in [5.41, 5.74) is 1.98. The van der Waals surface area contributed by atoms with Crippen molar-refractivity contribution in [2.75, 3.05) is 11.4 Å². The highest BCUT2D eigenvalue weighted by Crippen LogP contribution is 2.37. The molecule has 0 amide bonds. The number of carbonyl (C=O) groups excluding carboxylic acids is 1. The number of nitrogens with zero attached hydrogens (tertiary/aromatic N) is 1. The lowest BCUT2D eigenvalue weighted by molar-refractivity contribution is -0.137. The van der Waals surface area contributed by atoms with Crippen molar-refractivity contribution in [1.29, 1.82) is 0 Å². The summed E-state index contributed by atoms with van der Waals surface area (Å²) in [6.07, 6.45) is -3.68. The van der Waals surface area contributed by atoms with E-state index in [0.717, 1.165) is 23.4 Å². The Hall–Kier alpha value is -2.30. The highest BCUT2D eigenvalue weighted by atomic mass is 19.4. The van der Waals surface area contributed by atoms with E-state index in [9.17, 15) is 18.0 Å². The van der Waals surface area contributed by atoms with Crippen LogP contribution >= 0.6 is 0 Å². The van der Waals surface area contributed by atoms with Gasteiger partial charge in [0.15, 0.2) is 0 Å².